The molecule has 180 valence electrons. The van der Waals surface area contributed by atoms with E-state index in [-0.39, 0.29) is 32.5 Å². The van der Waals surface area contributed by atoms with Gasteiger partial charge in [-0.05, 0) is 47.5 Å². The molecule has 1 N–H and O–H groups in total. The third-order valence-corrected chi connectivity index (χ3v) is 6.17. The number of carbonyl (C=O) groups is 2. The summed E-state index contributed by atoms with van der Waals surface area (Å²) in [7, 11) is 0. The number of nitrogens with zero attached hydrogens (tertiary/aromatic N) is 1. The summed E-state index contributed by atoms with van der Waals surface area (Å²) in [6.45, 7) is 0. The van der Waals surface area contributed by atoms with Gasteiger partial charge in [0.25, 0.3) is 5.69 Å². The van der Waals surface area contributed by atoms with E-state index in [1.165, 1.54) is 60.7 Å². The third kappa shape index (κ3) is 6.71. The van der Waals surface area contributed by atoms with E-state index in [1.54, 1.807) is 0 Å². The van der Waals surface area contributed by atoms with Crippen molar-refractivity contribution in [3.05, 3.63) is 115 Å². The molecule has 0 unspecified atom stereocenters. The highest BCUT2D eigenvalue weighted by molar-refractivity contribution is 8.03. The average Bonchev–Trinajstić information content (AvgIpc) is 2.82. The zero-order chi connectivity index (χ0) is 25.8. The van der Waals surface area contributed by atoms with Gasteiger partial charge in [0.2, 0.25) is 0 Å². The second kappa shape index (κ2) is 10.7. The topological polar surface area (TPSA) is 97.5 Å². The first-order valence-electron chi connectivity index (χ1n) is 9.78. The van der Waals surface area contributed by atoms with Crippen molar-refractivity contribution in [2.75, 3.05) is 0 Å². The lowest BCUT2D eigenvalue weighted by atomic mass is 10.1. The highest BCUT2D eigenvalue weighted by atomic mass is 35.5. The van der Waals surface area contributed by atoms with Crippen LogP contribution in [0.4, 0.5) is 18.9 Å². The fraction of sp³-hybridized carbons (Fsp3) is 0.0833. The number of carboxylic acid groups (broad SMARTS) is 1. The molecule has 6 nitrogen and oxygen atoms in total. The number of Topliss-reactive ketones (excluding diaryl/α,β-unsaturated/α-hetero) is 1. The smallest absolute Gasteiger partial charge is 0.416 e. The van der Waals surface area contributed by atoms with Crippen LogP contribution in [-0.2, 0) is 11.9 Å². The lowest BCUT2D eigenvalue weighted by molar-refractivity contribution is -0.384. The van der Waals surface area contributed by atoms with Crippen molar-refractivity contribution in [2.24, 2.45) is 0 Å². The Hall–Kier alpha value is -3.63. The van der Waals surface area contributed by atoms with Crippen molar-refractivity contribution in [3.63, 3.8) is 0 Å². The molecule has 3 aromatic carbocycles. The number of ketones is 1. The quantitative estimate of drug-likeness (QED) is 0.147. The van der Waals surface area contributed by atoms with Crippen LogP contribution in [-0.4, -0.2) is 21.8 Å². The highest BCUT2D eigenvalue weighted by Gasteiger charge is 2.30. The Balaban J connectivity index is 1.94. The Morgan fingerprint density at radius 1 is 1.00 bits per heavy atom. The van der Waals surface area contributed by atoms with Crippen LogP contribution in [0.5, 0.6) is 0 Å². The van der Waals surface area contributed by atoms with Gasteiger partial charge < -0.3 is 5.11 Å². The molecular formula is C24H15ClF3NO5S. The number of thioether (sulfide) groups is 1. The number of allylic oxidation sites excluding steroid dienone is 1. The number of alkyl halides is 3. The van der Waals surface area contributed by atoms with Gasteiger partial charge in [0.05, 0.1) is 21.0 Å². The van der Waals surface area contributed by atoms with Gasteiger partial charge in [-0.25, -0.2) is 4.79 Å². The van der Waals surface area contributed by atoms with Crippen molar-refractivity contribution >= 4 is 46.9 Å². The van der Waals surface area contributed by atoms with E-state index in [9.17, 15) is 32.9 Å². The molecule has 0 aliphatic heterocycles. The van der Waals surface area contributed by atoms with Crippen molar-refractivity contribution in [1.29, 1.82) is 0 Å². The number of nitro groups is 1. The summed E-state index contributed by atoms with van der Waals surface area (Å²) < 4.78 is 38.4. The fourth-order valence-electron chi connectivity index (χ4n) is 2.94. The predicted molar refractivity (Wildman–Crippen MR) is 127 cm³/mol. The minimum Gasteiger partial charge on any atom is -0.478 e. The largest absolute Gasteiger partial charge is 0.478 e. The SMILES string of the molecule is O=C(O)c1ccc(C(=O)C(=Cc2ccc(Cl)c([N+](=O)[O-])c2)SCc2ccc(C(F)(F)F)cc2)cc1. The zero-order valence-electron chi connectivity index (χ0n) is 17.6. The number of carboxylic acids is 1. The molecule has 0 fully saturated rings. The number of carbonyl (C=O) groups excluding carboxylic acids is 1. The summed E-state index contributed by atoms with van der Waals surface area (Å²) in [5.74, 6) is -1.51. The first-order chi connectivity index (χ1) is 16.5. The molecule has 3 aromatic rings. The second-order valence-electron chi connectivity index (χ2n) is 7.17. The molecule has 3 rings (SSSR count). The van der Waals surface area contributed by atoms with E-state index in [0.29, 0.717) is 11.1 Å². The maximum Gasteiger partial charge on any atom is 0.416 e. The molecule has 0 radical (unpaired) electrons. The van der Waals surface area contributed by atoms with Crippen LogP contribution in [0.3, 0.4) is 0 Å². The summed E-state index contributed by atoms with van der Waals surface area (Å²) in [5.41, 5.74) is -0.171. The average molecular weight is 522 g/mol. The van der Waals surface area contributed by atoms with E-state index in [1.807, 2.05) is 0 Å². The molecule has 0 amide bonds. The van der Waals surface area contributed by atoms with Gasteiger partial charge in [-0.3, -0.25) is 14.9 Å². The van der Waals surface area contributed by atoms with Gasteiger partial charge in [0.1, 0.15) is 5.02 Å². The van der Waals surface area contributed by atoms with Crippen molar-refractivity contribution in [1.82, 2.24) is 0 Å². The Labute approximate surface area is 206 Å². The number of nitro benzene ring substituents is 1. The molecule has 0 saturated heterocycles. The Morgan fingerprint density at radius 3 is 2.14 bits per heavy atom. The molecule has 0 aromatic heterocycles. The van der Waals surface area contributed by atoms with E-state index in [0.717, 1.165) is 23.9 Å². The summed E-state index contributed by atoms with van der Waals surface area (Å²) >= 11 is 6.88. The molecule has 0 atom stereocenters. The van der Waals surface area contributed by atoms with Gasteiger partial charge in [-0.15, -0.1) is 11.8 Å². The normalized spacial score (nSPS) is 11.8. The summed E-state index contributed by atoms with van der Waals surface area (Å²) in [5, 5.41) is 20.2. The van der Waals surface area contributed by atoms with Crippen LogP contribution < -0.4 is 0 Å². The number of hydrogen-bond donors (Lipinski definition) is 1. The van der Waals surface area contributed by atoms with Crippen LogP contribution in [0.15, 0.2) is 71.6 Å². The van der Waals surface area contributed by atoms with Gasteiger partial charge in [-0.2, -0.15) is 13.2 Å². The van der Waals surface area contributed by atoms with Gasteiger partial charge in [-0.1, -0.05) is 41.9 Å². The number of aromatic carboxylic acids is 1. The molecular weight excluding hydrogens is 507 g/mol. The summed E-state index contributed by atoms with van der Waals surface area (Å²) in [4.78, 5) is 34.9. The monoisotopic (exact) mass is 521 g/mol. The lowest BCUT2D eigenvalue weighted by Crippen LogP contribution is -2.05. The minimum absolute atomic E-state index is 0.0159. The van der Waals surface area contributed by atoms with E-state index < -0.39 is 28.4 Å². The molecule has 35 heavy (non-hydrogen) atoms. The van der Waals surface area contributed by atoms with E-state index >= 15 is 0 Å². The van der Waals surface area contributed by atoms with Crippen LogP contribution in [0.2, 0.25) is 5.02 Å². The Bertz CT molecular complexity index is 1310. The van der Waals surface area contributed by atoms with Gasteiger partial charge in [0.15, 0.2) is 5.78 Å². The van der Waals surface area contributed by atoms with Crippen molar-refractivity contribution < 1.29 is 32.8 Å². The van der Waals surface area contributed by atoms with Crippen LogP contribution in [0.25, 0.3) is 6.08 Å². The Morgan fingerprint density at radius 2 is 1.60 bits per heavy atom. The fourth-order valence-corrected chi connectivity index (χ4v) is 4.11. The number of halogens is 4. The summed E-state index contributed by atoms with van der Waals surface area (Å²) in [6.07, 6.45) is -3.07. The zero-order valence-corrected chi connectivity index (χ0v) is 19.2. The van der Waals surface area contributed by atoms with Crippen molar-refractivity contribution in [2.45, 2.75) is 11.9 Å². The maximum atomic E-state index is 13.2. The van der Waals surface area contributed by atoms with E-state index in [4.69, 9.17) is 16.7 Å². The summed E-state index contributed by atoms with van der Waals surface area (Å²) in [6, 6.07) is 13.7. The van der Waals surface area contributed by atoms with Gasteiger partial charge in [0, 0.05) is 17.4 Å². The molecule has 0 aliphatic rings. The second-order valence-corrected chi connectivity index (χ2v) is 8.60. The molecule has 0 bridgehead atoms. The first kappa shape index (κ1) is 26.0. The molecule has 0 aliphatic carbocycles. The highest BCUT2D eigenvalue weighted by Crippen LogP contribution is 2.32. The van der Waals surface area contributed by atoms with Gasteiger partial charge >= 0.3 is 12.1 Å². The number of benzene rings is 3. The number of hydrogen-bond acceptors (Lipinski definition) is 5. The molecule has 11 heteroatoms. The molecule has 0 spiro atoms. The third-order valence-electron chi connectivity index (χ3n) is 4.76. The lowest BCUT2D eigenvalue weighted by Gasteiger charge is -2.10. The minimum atomic E-state index is -4.47. The van der Waals surface area contributed by atoms with Crippen LogP contribution in [0, 0.1) is 10.1 Å². The van der Waals surface area contributed by atoms with E-state index in [2.05, 4.69) is 0 Å². The van der Waals surface area contributed by atoms with Crippen LogP contribution >= 0.6 is 23.4 Å². The molecule has 0 heterocycles. The predicted octanol–water partition coefficient (Wildman–Crippen LogP) is 7.12. The Kier molecular flexibility index (Phi) is 7.98. The first-order valence-corrected chi connectivity index (χ1v) is 11.1. The maximum absolute atomic E-state index is 13.2. The van der Waals surface area contributed by atoms with Crippen LogP contribution in [0.1, 0.15) is 37.4 Å². The van der Waals surface area contributed by atoms with Crippen molar-refractivity contribution in [3.8, 4) is 0 Å². The number of rotatable bonds is 8. The molecule has 0 saturated carbocycles. The standard InChI is InChI=1S/C24H15ClF3NO5S/c25-19-10-3-15(11-20(19)29(33)34)12-21(22(30)16-4-6-17(7-5-16)23(31)32)35-13-14-1-8-18(9-2-14)24(26,27)28/h1-12H,13H2,(H,31,32).